The lowest BCUT2D eigenvalue weighted by atomic mass is 9.99. The molecule has 8 heteroatoms. The second-order valence-electron chi connectivity index (χ2n) is 6.56. The van der Waals surface area contributed by atoms with E-state index in [4.69, 9.17) is 9.26 Å². The maximum atomic E-state index is 13.1. The molecule has 1 fully saturated rings. The van der Waals surface area contributed by atoms with Crippen molar-refractivity contribution >= 4 is 5.91 Å². The summed E-state index contributed by atoms with van der Waals surface area (Å²) in [4.78, 5) is 14.9. The van der Waals surface area contributed by atoms with Crippen molar-refractivity contribution in [3.05, 3.63) is 54.0 Å². The van der Waals surface area contributed by atoms with E-state index < -0.39 is 0 Å². The van der Waals surface area contributed by atoms with Crippen molar-refractivity contribution in [1.82, 2.24) is 25.1 Å². The lowest BCUT2D eigenvalue weighted by Crippen LogP contribution is -2.50. The fourth-order valence-corrected chi connectivity index (χ4v) is 3.73. The molecule has 0 bridgehead atoms. The van der Waals surface area contributed by atoms with Gasteiger partial charge in [0.15, 0.2) is 5.76 Å². The van der Waals surface area contributed by atoms with Crippen LogP contribution in [-0.2, 0) is 11.3 Å². The first-order valence-electron chi connectivity index (χ1n) is 8.61. The van der Waals surface area contributed by atoms with Crippen LogP contribution in [0.2, 0.25) is 0 Å². The van der Waals surface area contributed by atoms with Crippen molar-refractivity contribution < 1.29 is 14.1 Å². The molecule has 1 saturated heterocycles. The molecule has 0 radical (unpaired) electrons. The van der Waals surface area contributed by atoms with Crippen LogP contribution in [-0.4, -0.2) is 50.2 Å². The Labute approximate surface area is 149 Å². The fourth-order valence-electron chi connectivity index (χ4n) is 3.73. The van der Waals surface area contributed by atoms with Crippen LogP contribution in [0.3, 0.4) is 0 Å². The SMILES string of the molecule is O=C(c1cnoc1-c1ccccc1)N1CC[C@H]2[C@H](C1)OCc1cnnn12. The molecule has 132 valence electrons. The highest BCUT2D eigenvalue weighted by atomic mass is 16.5. The number of rotatable bonds is 2. The summed E-state index contributed by atoms with van der Waals surface area (Å²) in [6.07, 6.45) is 3.92. The molecule has 5 rings (SSSR count). The van der Waals surface area contributed by atoms with E-state index in [2.05, 4.69) is 15.5 Å². The van der Waals surface area contributed by atoms with Crippen molar-refractivity contribution in [1.29, 1.82) is 0 Å². The van der Waals surface area contributed by atoms with Gasteiger partial charge in [-0.3, -0.25) is 4.79 Å². The zero-order chi connectivity index (χ0) is 17.5. The Kier molecular flexibility index (Phi) is 3.56. The van der Waals surface area contributed by atoms with Crippen molar-refractivity contribution in [3.63, 3.8) is 0 Å². The normalized spacial score (nSPS) is 21.9. The van der Waals surface area contributed by atoms with E-state index in [0.717, 1.165) is 17.7 Å². The van der Waals surface area contributed by atoms with E-state index in [1.807, 2.05) is 39.9 Å². The quantitative estimate of drug-likeness (QED) is 0.701. The van der Waals surface area contributed by atoms with E-state index in [1.54, 1.807) is 6.20 Å². The summed E-state index contributed by atoms with van der Waals surface area (Å²) in [6.45, 7) is 1.61. The van der Waals surface area contributed by atoms with Gasteiger partial charge >= 0.3 is 0 Å². The number of aromatic nitrogens is 4. The van der Waals surface area contributed by atoms with Crippen LogP contribution in [0.25, 0.3) is 11.3 Å². The fraction of sp³-hybridized carbons (Fsp3) is 0.333. The number of carbonyl (C=O) groups is 1. The van der Waals surface area contributed by atoms with Gasteiger partial charge in [-0.05, 0) is 6.42 Å². The summed E-state index contributed by atoms with van der Waals surface area (Å²) in [5.41, 5.74) is 2.30. The summed E-state index contributed by atoms with van der Waals surface area (Å²) in [6, 6.07) is 9.67. The van der Waals surface area contributed by atoms with Gasteiger partial charge in [-0.1, -0.05) is 40.7 Å². The van der Waals surface area contributed by atoms with Crippen molar-refractivity contribution in [2.45, 2.75) is 25.2 Å². The number of carbonyl (C=O) groups excluding carboxylic acids is 1. The third-order valence-corrected chi connectivity index (χ3v) is 5.06. The first-order valence-corrected chi connectivity index (χ1v) is 8.61. The Morgan fingerprint density at radius 1 is 1.19 bits per heavy atom. The number of piperidine rings is 1. The Hall–Kier alpha value is -3.00. The lowest BCUT2D eigenvalue weighted by Gasteiger charge is -2.40. The molecule has 2 atom stereocenters. The van der Waals surface area contributed by atoms with Gasteiger partial charge in [0.25, 0.3) is 5.91 Å². The Bertz CT molecular complexity index is 935. The van der Waals surface area contributed by atoms with Crippen molar-refractivity contribution in [3.8, 4) is 11.3 Å². The number of fused-ring (bicyclic) bond motifs is 3. The monoisotopic (exact) mass is 351 g/mol. The third-order valence-electron chi connectivity index (χ3n) is 5.06. The number of benzene rings is 1. The average molecular weight is 351 g/mol. The first-order chi connectivity index (χ1) is 12.8. The molecular weight excluding hydrogens is 334 g/mol. The van der Waals surface area contributed by atoms with Crippen molar-refractivity contribution in [2.75, 3.05) is 13.1 Å². The minimum atomic E-state index is -0.0865. The highest BCUT2D eigenvalue weighted by Crippen LogP contribution is 2.32. The Balaban J connectivity index is 1.38. The van der Waals surface area contributed by atoms with Crippen LogP contribution in [0.1, 0.15) is 28.5 Å². The minimum Gasteiger partial charge on any atom is -0.368 e. The van der Waals surface area contributed by atoms with Gasteiger partial charge in [0, 0.05) is 18.7 Å². The van der Waals surface area contributed by atoms with Crippen molar-refractivity contribution in [2.24, 2.45) is 0 Å². The smallest absolute Gasteiger partial charge is 0.259 e. The van der Waals surface area contributed by atoms with Gasteiger partial charge in [0.05, 0.1) is 36.8 Å². The lowest BCUT2D eigenvalue weighted by molar-refractivity contribution is -0.0627. The standard InChI is InChI=1S/C18H17N5O3/c24-18(14-9-20-26-17(14)12-4-2-1-3-5-12)22-7-6-15-16(10-22)25-11-13-8-19-21-23(13)15/h1-5,8-9,15-16H,6-7,10-11H2/t15-,16-/m0/s1. The number of amides is 1. The van der Waals surface area contributed by atoms with Gasteiger partial charge in [-0.2, -0.15) is 0 Å². The van der Waals surface area contributed by atoms with Crippen LogP contribution in [0.15, 0.2) is 47.2 Å². The van der Waals surface area contributed by atoms with E-state index in [0.29, 0.717) is 31.0 Å². The predicted molar refractivity (Wildman–Crippen MR) is 90.1 cm³/mol. The zero-order valence-corrected chi connectivity index (χ0v) is 14.0. The van der Waals surface area contributed by atoms with Crippen LogP contribution >= 0.6 is 0 Å². The molecule has 4 heterocycles. The summed E-state index contributed by atoms with van der Waals surface area (Å²) in [5.74, 6) is 0.414. The summed E-state index contributed by atoms with van der Waals surface area (Å²) in [7, 11) is 0. The molecule has 8 nitrogen and oxygen atoms in total. The van der Waals surface area contributed by atoms with E-state index in [-0.39, 0.29) is 18.1 Å². The van der Waals surface area contributed by atoms with Crippen LogP contribution in [0.4, 0.5) is 0 Å². The molecule has 0 unspecified atom stereocenters. The molecule has 26 heavy (non-hydrogen) atoms. The zero-order valence-electron chi connectivity index (χ0n) is 14.0. The predicted octanol–water partition coefficient (Wildman–Crippen LogP) is 1.92. The van der Waals surface area contributed by atoms with Gasteiger partial charge in [-0.15, -0.1) is 5.10 Å². The molecule has 1 aromatic carbocycles. The van der Waals surface area contributed by atoms with E-state index in [9.17, 15) is 4.79 Å². The van der Waals surface area contributed by atoms with Gasteiger partial charge in [-0.25, -0.2) is 4.68 Å². The second-order valence-corrected chi connectivity index (χ2v) is 6.56. The number of ether oxygens (including phenoxy) is 1. The molecule has 2 aliphatic rings. The third kappa shape index (κ3) is 2.41. The maximum absolute atomic E-state index is 13.1. The molecular formula is C18H17N5O3. The molecule has 2 aromatic heterocycles. The van der Waals surface area contributed by atoms with E-state index >= 15 is 0 Å². The molecule has 0 saturated carbocycles. The summed E-state index contributed by atoms with van der Waals surface area (Å²) in [5, 5.41) is 12.0. The topological polar surface area (TPSA) is 86.3 Å². The number of nitrogens with zero attached hydrogens (tertiary/aromatic N) is 5. The highest BCUT2D eigenvalue weighted by Gasteiger charge is 2.38. The molecule has 0 aliphatic carbocycles. The second kappa shape index (κ2) is 6.06. The molecule has 1 amide bonds. The average Bonchev–Trinajstić information content (AvgIpc) is 3.37. The van der Waals surface area contributed by atoms with Gasteiger partial charge in [0.1, 0.15) is 5.56 Å². The first kappa shape index (κ1) is 15.3. The Morgan fingerprint density at radius 3 is 2.96 bits per heavy atom. The van der Waals surface area contributed by atoms with Gasteiger partial charge < -0.3 is 14.2 Å². The van der Waals surface area contributed by atoms with Crippen LogP contribution in [0.5, 0.6) is 0 Å². The number of hydrogen-bond donors (Lipinski definition) is 0. The number of hydrogen-bond acceptors (Lipinski definition) is 6. The van der Waals surface area contributed by atoms with Gasteiger partial charge in [0.2, 0.25) is 0 Å². The maximum Gasteiger partial charge on any atom is 0.259 e. The molecule has 0 N–H and O–H groups in total. The van der Waals surface area contributed by atoms with E-state index in [1.165, 1.54) is 6.20 Å². The highest BCUT2D eigenvalue weighted by molar-refractivity contribution is 5.99. The minimum absolute atomic E-state index is 0.0815. The number of likely N-dealkylation sites (tertiary alicyclic amines) is 1. The summed E-state index contributed by atoms with van der Waals surface area (Å²) < 4.78 is 13.2. The molecule has 2 aliphatic heterocycles. The largest absolute Gasteiger partial charge is 0.368 e. The van der Waals surface area contributed by atoms with Crippen LogP contribution in [0, 0.1) is 0 Å². The molecule has 3 aromatic rings. The Morgan fingerprint density at radius 2 is 2.08 bits per heavy atom. The summed E-state index contributed by atoms with van der Waals surface area (Å²) >= 11 is 0. The molecule has 0 spiro atoms. The van der Waals surface area contributed by atoms with Crippen LogP contribution < -0.4 is 0 Å².